The van der Waals surface area contributed by atoms with Crippen LogP contribution in [0.4, 0.5) is 10.5 Å². The molecule has 0 radical (unpaired) electrons. The number of hydrogen-bond donors (Lipinski definition) is 1. The van der Waals surface area contributed by atoms with E-state index in [0.29, 0.717) is 27.4 Å². The summed E-state index contributed by atoms with van der Waals surface area (Å²) in [6.07, 6.45) is -0.236. The van der Waals surface area contributed by atoms with Gasteiger partial charge >= 0.3 is 12.1 Å². The van der Waals surface area contributed by atoms with E-state index in [1.165, 1.54) is 13.4 Å². The number of sulfone groups is 1. The fraction of sp³-hybridized carbons (Fsp3) is 0.261. The molecule has 0 spiro atoms. The van der Waals surface area contributed by atoms with Crippen molar-refractivity contribution in [1.82, 2.24) is 5.16 Å². The number of methoxy groups -OCH3 is 1. The van der Waals surface area contributed by atoms with Crippen LogP contribution in [-0.4, -0.2) is 38.5 Å². The number of benzene rings is 2. The summed E-state index contributed by atoms with van der Waals surface area (Å²) in [5.74, 6) is -1.10. The second-order valence-electron chi connectivity index (χ2n) is 7.39. The fourth-order valence-electron chi connectivity index (χ4n) is 3.13. The monoisotopic (exact) mass is 506 g/mol. The molecule has 1 atom stereocenters. The van der Waals surface area contributed by atoms with E-state index in [9.17, 15) is 18.0 Å². The Morgan fingerprint density at radius 3 is 2.53 bits per heavy atom. The van der Waals surface area contributed by atoms with Gasteiger partial charge in [-0.25, -0.2) is 13.2 Å². The van der Waals surface area contributed by atoms with Gasteiger partial charge < -0.3 is 14.0 Å². The molecule has 180 valence electrons. The summed E-state index contributed by atoms with van der Waals surface area (Å²) in [7, 11) is -2.28. The van der Waals surface area contributed by atoms with Gasteiger partial charge in [0.2, 0.25) is 0 Å². The van der Waals surface area contributed by atoms with E-state index in [4.69, 9.17) is 20.9 Å². The van der Waals surface area contributed by atoms with Gasteiger partial charge in [0.25, 0.3) is 0 Å². The molecule has 3 rings (SSSR count). The Morgan fingerprint density at radius 2 is 1.85 bits per heavy atom. The number of esters is 1. The molecule has 0 aliphatic rings. The minimum absolute atomic E-state index is 0.198. The minimum Gasteiger partial charge on any atom is -0.469 e. The summed E-state index contributed by atoms with van der Waals surface area (Å²) in [6.45, 7) is 1.70. The van der Waals surface area contributed by atoms with Crippen molar-refractivity contribution in [3.63, 3.8) is 0 Å². The van der Waals surface area contributed by atoms with Gasteiger partial charge in [0.15, 0.2) is 9.84 Å². The van der Waals surface area contributed by atoms with Gasteiger partial charge in [-0.05, 0) is 18.6 Å². The fourth-order valence-corrected chi connectivity index (χ4v) is 4.74. The third-order valence-corrected chi connectivity index (χ3v) is 6.84. The largest absolute Gasteiger partial charge is 0.469 e. The number of amides is 1. The summed E-state index contributed by atoms with van der Waals surface area (Å²) < 4.78 is 39.3. The van der Waals surface area contributed by atoms with E-state index < -0.39 is 28.0 Å². The number of aromatic nitrogens is 1. The molecule has 1 unspecified atom stereocenters. The smallest absolute Gasteiger partial charge is 0.412 e. The van der Waals surface area contributed by atoms with E-state index in [0.717, 1.165) is 0 Å². The molecule has 1 amide bonds. The zero-order chi connectivity index (χ0) is 24.7. The molecule has 0 aliphatic carbocycles. The lowest BCUT2D eigenvalue weighted by atomic mass is 10.1. The average Bonchev–Trinajstić information content (AvgIpc) is 3.25. The molecule has 34 heavy (non-hydrogen) atoms. The van der Waals surface area contributed by atoms with Crippen molar-refractivity contribution in [3.05, 3.63) is 70.9 Å². The lowest BCUT2D eigenvalue weighted by Gasteiger charge is -2.15. The maximum absolute atomic E-state index is 12.4. The topological polar surface area (TPSA) is 125 Å². The standard InChI is InChI=1S/C23H23ClN2O7S/c1-15(18-5-3-4-6-19(18)24)33-23(28)25-20-13-32-26-22(20)17-9-7-16(8-10-17)14-34(29,30)12-11-21(27)31-2/h3-10,13,15H,11-12,14H2,1-2H3,(H,25,28). The van der Waals surface area contributed by atoms with Crippen LogP contribution in [0.1, 0.15) is 30.6 Å². The molecule has 0 saturated carbocycles. The normalized spacial score (nSPS) is 12.1. The first-order valence-electron chi connectivity index (χ1n) is 10.2. The van der Waals surface area contributed by atoms with E-state index in [1.54, 1.807) is 55.5 Å². The quantitative estimate of drug-likeness (QED) is 0.411. The number of nitrogens with zero attached hydrogens (tertiary/aromatic N) is 1. The summed E-state index contributed by atoms with van der Waals surface area (Å²) in [4.78, 5) is 23.6. The molecule has 0 fully saturated rings. The highest BCUT2D eigenvalue weighted by Crippen LogP contribution is 2.29. The third kappa shape index (κ3) is 6.82. The number of ether oxygens (including phenoxy) is 2. The van der Waals surface area contributed by atoms with Gasteiger partial charge in [-0.15, -0.1) is 0 Å². The second kappa shape index (κ2) is 11.2. The molecule has 1 aromatic heterocycles. The van der Waals surface area contributed by atoms with Crippen LogP contribution in [0.15, 0.2) is 59.3 Å². The van der Waals surface area contributed by atoms with Crippen LogP contribution in [0.2, 0.25) is 5.02 Å². The van der Waals surface area contributed by atoms with Crippen molar-refractivity contribution in [2.24, 2.45) is 0 Å². The molecule has 2 aromatic carbocycles. The Bertz CT molecular complexity index is 1260. The molecule has 9 nitrogen and oxygen atoms in total. The molecule has 1 heterocycles. The number of rotatable bonds is 9. The van der Waals surface area contributed by atoms with Crippen LogP contribution >= 0.6 is 11.6 Å². The number of hydrogen-bond acceptors (Lipinski definition) is 8. The van der Waals surface area contributed by atoms with E-state index in [-0.39, 0.29) is 23.6 Å². The SMILES string of the molecule is COC(=O)CCS(=O)(=O)Cc1ccc(-c2nocc2NC(=O)OC(C)c2ccccc2Cl)cc1. The van der Waals surface area contributed by atoms with Crippen molar-refractivity contribution in [3.8, 4) is 11.3 Å². The highest BCUT2D eigenvalue weighted by molar-refractivity contribution is 7.90. The van der Waals surface area contributed by atoms with Crippen molar-refractivity contribution >= 4 is 39.2 Å². The van der Waals surface area contributed by atoms with Gasteiger partial charge in [0.1, 0.15) is 23.7 Å². The Morgan fingerprint density at radius 1 is 1.15 bits per heavy atom. The van der Waals surface area contributed by atoms with Crippen LogP contribution < -0.4 is 5.32 Å². The number of carbonyl (C=O) groups excluding carboxylic acids is 2. The van der Waals surface area contributed by atoms with E-state index >= 15 is 0 Å². The number of anilines is 1. The van der Waals surface area contributed by atoms with Gasteiger partial charge in [-0.1, -0.05) is 59.2 Å². The molecule has 0 aliphatic heterocycles. The Hall–Kier alpha value is -3.37. The first kappa shape index (κ1) is 25.3. The Kier molecular flexibility index (Phi) is 8.30. The maximum atomic E-state index is 12.4. The summed E-state index contributed by atoms with van der Waals surface area (Å²) in [5.41, 5.74) is 2.44. The van der Waals surface area contributed by atoms with Crippen LogP contribution in [0.5, 0.6) is 0 Å². The van der Waals surface area contributed by atoms with Crippen molar-refractivity contribution in [1.29, 1.82) is 0 Å². The summed E-state index contributed by atoms with van der Waals surface area (Å²) in [5, 5.41) is 7.00. The van der Waals surface area contributed by atoms with E-state index in [2.05, 4.69) is 15.2 Å². The summed E-state index contributed by atoms with van der Waals surface area (Å²) >= 11 is 6.15. The summed E-state index contributed by atoms with van der Waals surface area (Å²) in [6, 6.07) is 13.6. The Balaban J connectivity index is 1.64. The van der Waals surface area contributed by atoms with Crippen LogP contribution in [0.25, 0.3) is 11.3 Å². The first-order chi connectivity index (χ1) is 16.2. The van der Waals surface area contributed by atoms with Gasteiger partial charge in [-0.2, -0.15) is 0 Å². The molecule has 0 saturated heterocycles. The lowest BCUT2D eigenvalue weighted by molar-refractivity contribution is -0.140. The predicted molar refractivity (Wildman–Crippen MR) is 126 cm³/mol. The zero-order valence-corrected chi connectivity index (χ0v) is 20.1. The molecular weight excluding hydrogens is 484 g/mol. The first-order valence-corrected chi connectivity index (χ1v) is 12.4. The van der Waals surface area contributed by atoms with Crippen molar-refractivity contribution in [2.45, 2.75) is 25.2 Å². The van der Waals surface area contributed by atoms with Crippen LogP contribution in [0, 0.1) is 0 Å². The number of nitrogens with one attached hydrogen (secondary N) is 1. The molecule has 0 bridgehead atoms. The zero-order valence-electron chi connectivity index (χ0n) is 18.5. The van der Waals surface area contributed by atoms with Gasteiger partial charge in [-0.3, -0.25) is 10.1 Å². The van der Waals surface area contributed by atoms with Gasteiger partial charge in [0.05, 0.1) is 25.0 Å². The number of halogens is 1. The molecule has 11 heteroatoms. The highest BCUT2D eigenvalue weighted by Gasteiger charge is 2.19. The molecular formula is C23H23ClN2O7S. The average molecular weight is 507 g/mol. The predicted octanol–water partition coefficient (Wildman–Crippen LogP) is 4.78. The number of carbonyl (C=O) groups is 2. The second-order valence-corrected chi connectivity index (χ2v) is 9.98. The van der Waals surface area contributed by atoms with Crippen molar-refractivity contribution in [2.75, 3.05) is 18.2 Å². The minimum atomic E-state index is -3.49. The van der Waals surface area contributed by atoms with E-state index in [1.807, 2.05) is 0 Å². The van der Waals surface area contributed by atoms with Crippen LogP contribution in [0.3, 0.4) is 0 Å². The lowest BCUT2D eigenvalue weighted by Crippen LogP contribution is -2.16. The highest BCUT2D eigenvalue weighted by atomic mass is 35.5. The Labute approximate surface area is 201 Å². The molecule has 1 N–H and O–H groups in total. The third-order valence-electron chi connectivity index (χ3n) is 4.89. The van der Waals surface area contributed by atoms with Crippen LogP contribution in [-0.2, 0) is 29.9 Å². The maximum Gasteiger partial charge on any atom is 0.412 e. The van der Waals surface area contributed by atoms with Gasteiger partial charge in [0, 0.05) is 16.1 Å². The molecule has 3 aromatic rings. The van der Waals surface area contributed by atoms with Crippen molar-refractivity contribution < 1.29 is 32.0 Å².